The van der Waals surface area contributed by atoms with Crippen molar-refractivity contribution in [3.63, 3.8) is 0 Å². The van der Waals surface area contributed by atoms with Crippen LogP contribution in [-0.4, -0.2) is 60.0 Å². The van der Waals surface area contributed by atoms with E-state index in [-0.39, 0.29) is 24.9 Å². The fourth-order valence-corrected chi connectivity index (χ4v) is 3.34. The van der Waals surface area contributed by atoms with Crippen LogP contribution in [0.15, 0.2) is 49.2 Å². The van der Waals surface area contributed by atoms with Crippen LogP contribution in [0.2, 0.25) is 0 Å². The molecular formula is C24H33N3O4. The van der Waals surface area contributed by atoms with Crippen molar-refractivity contribution in [3.8, 4) is 11.5 Å². The fourth-order valence-electron chi connectivity index (χ4n) is 3.34. The van der Waals surface area contributed by atoms with E-state index in [0.717, 1.165) is 5.69 Å². The fraction of sp³-hybridized carbons (Fsp3) is 0.417. The number of benzene rings is 1. The summed E-state index contributed by atoms with van der Waals surface area (Å²) in [7, 11) is 5.00. The molecule has 7 nitrogen and oxygen atoms in total. The van der Waals surface area contributed by atoms with Gasteiger partial charge in [0.2, 0.25) is 5.91 Å². The van der Waals surface area contributed by atoms with Crippen LogP contribution < -0.4 is 9.47 Å². The molecular weight excluding hydrogens is 394 g/mol. The van der Waals surface area contributed by atoms with E-state index >= 15 is 0 Å². The third-order valence-corrected chi connectivity index (χ3v) is 4.94. The van der Waals surface area contributed by atoms with Gasteiger partial charge in [0.1, 0.15) is 18.0 Å². The van der Waals surface area contributed by atoms with Gasteiger partial charge in [-0.05, 0) is 30.2 Å². The molecule has 1 heterocycles. The van der Waals surface area contributed by atoms with Gasteiger partial charge >= 0.3 is 0 Å². The zero-order valence-electron chi connectivity index (χ0n) is 19.1. The average Bonchev–Trinajstić information content (AvgIpc) is 3.15. The van der Waals surface area contributed by atoms with Crippen LogP contribution in [0.5, 0.6) is 11.5 Å². The van der Waals surface area contributed by atoms with Gasteiger partial charge in [0.05, 0.1) is 26.3 Å². The highest BCUT2D eigenvalue weighted by Gasteiger charge is 2.25. The second-order valence-corrected chi connectivity index (χ2v) is 7.82. The van der Waals surface area contributed by atoms with E-state index in [9.17, 15) is 9.59 Å². The summed E-state index contributed by atoms with van der Waals surface area (Å²) in [5, 5.41) is 0. The average molecular weight is 428 g/mol. The summed E-state index contributed by atoms with van der Waals surface area (Å²) in [6, 6.07) is 8.95. The second kappa shape index (κ2) is 11.2. The molecule has 1 aromatic carbocycles. The highest BCUT2D eigenvalue weighted by molar-refractivity contribution is 5.99. The highest BCUT2D eigenvalue weighted by atomic mass is 16.5. The molecule has 0 N–H and O–H groups in total. The van der Waals surface area contributed by atoms with E-state index < -0.39 is 0 Å². The van der Waals surface area contributed by atoms with Crippen LogP contribution in [-0.2, 0) is 18.4 Å². The first-order valence-electron chi connectivity index (χ1n) is 10.3. The first kappa shape index (κ1) is 24.1. The van der Waals surface area contributed by atoms with E-state index in [1.807, 2.05) is 29.9 Å². The lowest BCUT2D eigenvalue weighted by atomic mass is 10.1. The molecule has 0 aliphatic heterocycles. The number of aromatic nitrogens is 1. The summed E-state index contributed by atoms with van der Waals surface area (Å²) in [4.78, 5) is 29.8. The van der Waals surface area contributed by atoms with Gasteiger partial charge in [-0.15, -0.1) is 6.58 Å². The first-order valence-corrected chi connectivity index (χ1v) is 10.3. The van der Waals surface area contributed by atoms with Gasteiger partial charge in [-0.2, -0.15) is 0 Å². The standard InChI is InChI=1S/C24H33N3O4/c1-7-12-26(24(29)21-11-10-20(30-5)14-22(21)31-6)17-23(28)27(15-18(2)3)16-19-9-8-13-25(19)4/h7-11,13-14,18H,1,12,15-17H2,2-6H3. The topological polar surface area (TPSA) is 64.0 Å². The molecule has 0 bridgehead atoms. The highest BCUT2D eigenvalue weighted by Crippen LogP contribution is 2.26. The van der Waals surface area contributed by atoms with Crippen molar-refractivity contribution in [2.75, 3.05) is 33.9 Å². The quantitative estimate of drug-likeness (QED) is 0.516. The Morgan fingerprint density at radius 3 is 2.45 bits per heavy atom. The van der Waals surface area contributed by atoms with E-state index in [1.54, 1.807) is 36.3 Å². The molecule has 0 aliphatic rings. The number of ether oxygens (including phenoxy) is 2. The van der Waals surface area contributed by atoms with E-state index in [4.69, 9.17) is 9.47 Å². The Kier molecular flexibility index (Phi) is 8.73. The SMILES string of the molecule is C=CCN(CC(=O)N(Cc1cccn1C)CC(C)C)C(=O)c1ccc(OC)cc1OC. The number of hydrogen-bond donors (Lipinski definition) is 0. The Bertz CT molecular complexity index is 904. The van der Waals surface area contributed by atoms with Gasteiger partial charge in [-0.1, -0.05) is 19.9 Å². The van der Waals surface area contributed by atoms with Crippen molar-refractivity contribution in [2.24, 2.45) is 13.0 Å². The van der Waals surface area contributed by atoms with Crippen molar-refractivity contribution >= 4 is 11.8 Å². The molecule has 2 rings (SSSR count). The molecule has 7 heteroatoms. The molecule has 31 heavy (non-hydrogen) atoms. The smallest absolute Gasteiger partial charge is 0.258 e. The summed E-state index contributed by atoms with van der Waals surface area (Å²) in [6.07, 6.45) is 3.57. The van der Waals surface area contributed by atoms with Gasteiger partial charge < -0.3 is 23.8 Å². The van der Waals surface area contributed by atoms with Crippen molar-refractivity contribution in [2.45, 2.75) is 20.4 Å². The maximum Gasteiger partial charge on any atom is 0.258 e. The monoisotopic (exact) mass is 427 g/mol. The second-order valence-electron chi connectivity index (χ2n) is 7.82. The summed E-state index contributed by atoms with van der Waals surface area (Å²) < 4.78 is 12.6. The number of nitrogens with zero attached hydrogens (tertiary/aromatic N) is 3. The molecule has 2 amide bonds. The molecule has 1 aromatic heterocycles. The third-order valence-electron chi connectivity index (χ3n) is 4.94. The minimum atomic E-state index is -0.295. The Morgan fingerprint density at radius 2 is 1.90 bits per heavy atom. The molecule has 168 valence electrons. The van der Waals surface area contributed by atoms with Gasteiger partial charge in [0.25, 0.3) is 5.91 Å². The van der Waals surface area contributed by atoms with Crippen molar-refractivity contribution < 1.29 is 19.1 Å². The maximum absolute atomic E-state index is 13.2. The number of aryl methyl sites for hydroxylation is 1. The molecule has 0 spiro atoms. The summed E-state index contributed by atoms with van der Waals surface area (Å²) in [5.74, 6) is 0.877. The summed E-state index contributed by atoms with van der Waals surface area (Å²) >= 11 is 0. The molecule has 0 atom stereocenters. The van der Waals surface area contributed by atoms with Crippen molar-refractivity contribution in [1.82, 2.24) is 14.4 Å². The third kappa shape index (κ3) is 6.38. The van der Waals surface area contributed by atoms with Crippen LogP contribution >= 0.6 is 0 Å². The van der Waals surface area contributed by atoms with E-state index in [1.165, 1.54) is 12.0 Å². The van der Waals surface area contributed by atoms with Crippen LogP contribution in [0.25, 0.3) is 0 Å². The predicted molar refractivity (Wildman–Crippen MR) is 121 cm³/mol. The predicted octanol–water partition coefficient (Wildman–Crippen LogP) is 3.36. The Balaban J connectivity index is 2.25. The molecule has 0 saturated carbocycles. The lowest BCUT2D eigenvalue weighted by Crippen LogP contribution is -2.44. The number of hydrogen-bond acceptors (Lipinski definition) is 4. The zero-order valence-corrected chi connectivity index (χ0v) is 19.1. The summed E-state index contributed by atoms with van der Waals surface area (Å²) in [5.41, 5.74) is 1.41. The number of carbonyl (C=O) groups is 2. The lowest BCUT2D eigenvalue weighted by molar-refractivity contribution is -0.133. The Labute approximate surface area is 184 Å². The Hall–Kier alpha value is -3.22. The number of methoxy groups -OCH3 is 2. The molecule has 0 saturated heterocycles. The van der Waals surface area contributed by atoms with Gasteiger partial charge in [-0.3, -0.25) is 9.59 Å². The molecule has 0 fully saturated rings. The van der Waals surface area contributed by atoms with Crippen LogP contribution in [0.4, 0.5) is 0 Å². The number of amides is 2. The lowest BCUT2D eigenvalue weighted by Gasteiger charge is -2.29. The van der Waals surface area contributed by atoms with Crippen molar-refractivity contribution in [1.29, 1.82) is 0 Å². The van der Waals surface area contributed by atoms with Gasteiger partial charge in [-0.25, -0.2) is 0 Å². The van der Waals surface area contributed by atoms with E-state index in [0.29, 0.717) is 36.1 Å². The number of carbonyl (C=O) groups excluding carboxylic acids is 2. The first-order chi connectivity index (χ1) is 14.8. The van der Waals surface area contributed by atoms with Crippen molar-refractivity contribution in [3.05, 3.63) is 60.4 Å². The minimum Gasteiger partial charge on any atom is -0.497 e. The van der Waals surface area contributed by atoms with Gasteiger partial charge in [0, 0.05) is 38.1 Å². The largest absolute Gasteiger partial charge is 0.497 e. The van der Waals surface area contributed by atoms with Crippen LogP contribution in [0, 0.1) is 5.92 Å². The number of rotatable bonds is 11. The normalized spacial score (nSPS) is 10.6. The minimum absolute atomic E-state index is 0.0445. The molecule has 0 radical (unpaired) electrons. The van der Waals surface area contributed by atoms with Crippen LogP contribution in [0.1, 0.15) is 29.9 Å². The zero-order chi connectivity index (χ0) is 23.0. The van der Waals surface area contributed by atoms with Crippen LogP contribution in [0.3, 0.4) is 0 Å². The molecule has 0 unspecified atom stereocenters. The Morgan fingerprint density at radius 1 is 1.16 bits per heavy atom. The van der Waals surface area contributed by atoms with E-state index in [2.05, 4.69) is 20.4 Å². The summed E-state index contributed by atoms with van der Waals surface area (Å²) in [6.45, 7) is 9.18. The molecule has 0 aliphatic carbocycles. The maximum atomic E-state index is 13.2. The van der Waals surface area contributed by atoms with Gasteiger partial charge in [0.15, 0.2) is 0 Å². The molecule has 2 aromatic rings.